The number of likely N-dealkylation sites (N-methyl/N-ethyl adjacent to an activating group) is 1. The zero-order valence-corrected chi connectivity index (χ0v) is 9.07. The van der Waals surface area contributed by atoms with Crippen molar-refractivity contribution in [3.63, 3.8) is 0 Å². The lowest BCUT2D eigenvalue weighted by Gasteiger charge is -2.30. The van der Waals surface area contributed by atoms with Crippen molar-refractivity contribution < 1.29 is 9.90 Å². The molecule has 1 aliphatic rings. The number of hydrogen-bond donors (Lipinski definition) is 1. The number of hydrogen-bond acceptors (Lipinski definition) is 3. The highest BCUT2D eigenvalue weighted by Crippen LogP contribution is 2.16. The Kier molecular flexibility index (Phi) is 4.35. The van der Waals surface area contributed by atoms with Crippen LogP contribution in [0.1, 0.15) is 12.8 Å². The first kappa shape index (κ1) is 11.5. The highest BCUT2D eigenvalue weighted by Gasteiger charge is 2.23. The normalized spacial score (nSPS) is 20.2. The number of carbonyl (C=O) groups is 1. The van der Waals surface area contributed by atoms with Crippen LogP contribution in [0, 0.1) is 5.92 Å². The molecule has 1 heterocycles. The van der Waals surface area contributed by atoms with Crippen molar-refractivity contribution in [1.29, 1.82) is 0 Å². The number of aliphatic carboxylic acids is 1. The molecule has 0 aliphatic carbocycles. The Morgan fingerprint density at radius 2 is 2.00 bits per heavy atom. The molecular formula is C10H20N2O2. The average Bonchev–Trinajstić information content (AvgIpc) is 2.15. The third-order valence-corrected chi connectivity index (χ3v) is 2.80. The van der Waals surface area contributed by atoms with E-state index in [1.165, 1.54) is 0 Å². The number of nitrogens with zero attached hydrogens (tertiary/aromatic N) is 2. The van der Waals surface area contributed by atoms with Gasteiger partial charge < -0.3 is 14.9 Å². The minimum atomic E-state index is -0.628. The fourth-order valence-corrected chi connectivity index (χ4v) is 1.74. The molecule has 0 saturated carbocycles. The number of carboxylic acid groups (broad SMARTS) is 1. The van der Waals surface area contributed by atoms with Crippen LogP contribution < -0.4 is 0 Å². The van der Waals surface area contributed by atoms with Gasteiger partial charge in [-0.2, -0.15) is 0 Å². The molecule has 1 aliphatic heterocycles. The quantitative estimate of drug-likeness (QED) is 0.711. The number of piperidine rings is 1. The van der Waals surface area contributed by atoms with Gasteiger partial charge in [-0.1, -0.05) is 0 Å². The van der Waals surface area contributed by atoms with Crippen molar-refractivity contribution in [2.45, 2.75) is 12.8 Å². The first-order valence-electron chi connectivity index (χ1n) is 5.19. The van der Waals surface area contributed by atoms with Crippen LogP contribution in [0.2, 0.25) is 0 Å². The third-order valence-electron chi connectivity index (χ3n) is 2.80. The molecule has 82 valence electrons. The van der Waals surface area contributed by atoms with Crippen LogP contribution in [0.3, 0.4) is 0 Å². The summed E-state index contributed by atoms with van der Waals surface area (Å²) < 4.78 is 0. The van der Waals surface area contributed by atoms with Crippen LogP contribution in [0.5, 0.6) is 0 Å². The summed E-state index contributed by atoms with van der Waals surface area (Å²) in [5.74, 6) is -0.733. The van der Waals surface area contributed by atoms with Gasteiger partial charge in [0.25, 0.3) is 0 Å². The van der Waals surface area contributed by atoms with Gasteiger partial charge in [0.1, 0.15) is 0 Å². The third kappa shape index (κ3) is 3.64. The minimum Gasteiger partial charge on any atom is -0.481 e. The Morgan fingerprint density at radius 3 is 2.43 bits per heavy atom. The lowest BCUT2D eigenvalue weighted by Crippen LogP contribution is -2.39. The lowest BCUT2D eigenvalue weighted by atomic mass is 9.97. The lowest BCUT2D eigenvalue weighted by molar-refractivity contribution is -0.143. The molecule has 0 aromatic rings. The molecule has 0 bridgehead atoms. The maximum absolute atomic E-state index is 10.7. The molecule has 1 rings (SSSR count). The summed E-state index contributed by atoms with van der Waals surface area (Å²) in [6.07, 6.45) is 1.62. The fraction of sp³-hybridized carbons (Fsp3) is 0.900. The van der Waals surface area contributed by atoms with E-state index in [2.05, 4.69) is 23.9 Å². The average molecular weight is 200 g/mol. The summed E-state index contributed by atoms with van der Waals surface area (Å²) in [5.41, 5.74) is 0. The zero-order chi connectivity index (χ0) is 10.6. The van der Waals surface area contributed by atoms with Crippen molar-refractivity contribution in [3.05, 3.63) is 0 Å². The van der Waals surface area contributed by atoms with Crippen molar-refractivity contribution in [1.82, 2.24) is 9.80 Å². The maximum Gasteiger partial charge on any atom is 0.306 e. The number of likely N-dealkylation sites (tertiary alicyclic amines) is 1. The van der Waals surface area contributed by atoms with Gasteiger partial charge in [-0.05, 0) is 40.0 Å². The van der Waals surface area contributed by atoms with E-state index in [0.29, 0.717) is 0 Å². The summed E-state index contributed by atoms with van der Waals surface area (Å²) in [6.45, 7) is 3.98. The van der Waals surface area contributed by atoms with E-state index in [4.69, 9.17) is 5.11 Å². The summed E-state index contributed by atoms with van der Waals surface area (Å²) in [4.78, 5) is 15.2. The molecule has 0 unspecified atom stereocenters. The first-order chi connectivity index (χ1) is 6.59. The smallest absolute Gasteiger partial charge is 0.306 e. The first-order valence-corrected chi connectivity index (χ1v) is 5.19. The van der Waals surface area contributed by atoms with Crippen LogP contribution >= 0.6 is 0 Å². The number of rotatable bonds is 4. The standard InChI is InChI=1S/C10H20N2O2/c1-11(2)7-8-12-5-3-9(4-6-12)10(13)14/h9H,3-8H2,1-2H3,(H,13,14). The molecule has 0 radical (unpaired) electrons. The summed E-state index contributed by atoms with van der Waals surface area (Å²) in [6, 6.07) is 0. The van der Waals surface area contributed by atoms with Crippen LogP contribution in [0.15, 0.2) is 0 Å². The molecule has 14 heavy (non-hydrogen) atoms. The highest BCUT2D eigenvalue weighted by molar-refractivity contribution is 5.70. The molecule has 0 atom stereocenters. The molecule has 1 saturated heterocycles. The second kappa shape index (κ2) is 5.32. The predicted molar refractivity (Wildman–Crippen MR) is 55.4 cm³/mol. The second-order valence-electron chi connectivity index (χ2n) is 4.26. The molecule has 0 aromatic heterocycles. The molecular weight excluding hydrogens is 180 g/mol. The SMILES string of the molecule is CN(C)CCN1CCC(C(=O)O)CC1. The van der Waals surface area contributed by atoms with Crippen molar-refractivity contribution in [3.8, 4) is 0 Å². The van der Waals surface area contributed by atoms with Crippen LogP contribution in [0.25, 0.3) is 0 Å². The zero-order valence-electron chi connectivity index (χ0n) is 9.07. The number of carboxylic acids is 1. The van der Waals surface area contributed by atoms with Crippen LogP contribution in [-0.4, -0.2) is 61.2 Å². The van der Waals surface area contributed by atoms with E-state index in [-0.39, 0.29) is 5.92 Å². The van der Waals surface area contributed by atoms with Crippen molar-refractivity contribution in [2.24, 2.45) is 5.92 Å². The molecule has 4 heteroatoms. The van der Waals surface area contributed by atoms with Gasteiger partial charge in [-0.25, -0.2) is 0 Å². The van der Waals surface area contributed by atoms with E-state index >= 15 is 0 Å². The monoisotopic (exact) mass is 200 g/mol. The van der Waals surface area contributed by atoms with Crippen LogP contribution in [-0.2, 0) is 4.79 Å². The summed E-state index contributed by atoms with van der Waals surface area (Å²) >= 11 is 0. The Hall–Kier alpha value is -0.610. The summed E-state index contributed by atoms with van der Waals surface area (Å²) in [5, 5.41) is 8.82. The molecule has 0 amide bonds. The fourth-order valence-electron chi connectivity index (χ4n) is 1.74. The molecule has 1 N–H and O–H groups in total. The topological polar surface area (TPSA) is 43.8 Å². The van der Waals surface area contributed by atoms with E-state index in [1.54, 1.807) is 0 Å². The van der Waals surface area contributed by atoms with Gasteiger partial charge in [-0.3, -0.25) is 4.79 Å². The van der Waals surface area contributed by atoms with Gasteiger partial charge in [0.05, 0.1) is 5.92 Å². The maximum atomic E-state index is 10.7. The summed E-state index contributed by atoms with van der Waals surface area (Å²) in [7, 11) is 4.12. The molecule has 0 spiro atoms. The Balaban J connectivity index is 2.19. The van der Waals surface area contributed by atoms with Gasteiger partial charge in [0.15, 0.2) is 0 Å². The van der Waals surface area contributed by atoms with Crippen molar-refractivity contribution >= 4 is 5.97 Å². The molecule has 0 aromatic carbocycles. The van der Waals surface area contributed by atoms with E-state index in [0.717, 1.165) is 39.0 Å². The largest absolute Gasteiger partial charge is 0.481 e. The van der Waals surface area contributed by atoms with Gasteiger partial charge in [0.2, 0.25) is 0 Å². The van der Waals surface area contributed by atoms with Gasteiger partial charge in [0, 0.05) is 13.1 Å². The van der Waals surface area contributed by atoms with Crippen LogP contribution in [0.4, 0.5) is 0 Å². The van der Waals surface area contributed by atoms with E-state index in [9.17, 15) is 4.79 Å². The van der Waals surface area contributed by atoms with Gasteiger partial charge >= 0.3 is 5.97 Å². The molecule has 4 nitrogen and oxygen atoms in total. The molecule has 1 fully saturated rings. The highest BCUT2D eigenvalue weighted by atomic mass is 16.4. The predicted octanol–water partition coefficient (Wildman–Crippen LogP) is 0.345. The second-order valence-corrected chi connectivity index (χ2v) is 4.26. The van der Waals surface area contributed by atoms with E-state index < -0.39 is 5.97 Å². The Labute approximate surface area is 85.5 Å². The van der Waals surface area contributed by atoms with E-state index in [1.807, 2.05) is 0 Å². The van der Waals surface area contributed by atoms with Crippen molar-refractivity contribution in [2.75, 3.05) is 40.3 Å². The Bertz CT molecular complexity index is 187. The Morgan fingerprint density at radius 1 is 1.43 bits per heavy atom. The minimum absolute atomic E-state index is 0.106. The van der Waals surface area contributed by atoms with Gasteiger partial charge in [-0.15, -0.1) is 0 Å².